The zero-order chi connectivity index (χ0) is 14.4. The van der Waals surface area contributed by atoms with E-state index in [9.17, 15) is 4.39 Å². The summed E-state index contributed by atoms with van der Waals surface area (Å²) in [6.45, 7) is 5.55. The fourth-order valence-electron chi connectivity index (χ4n) is 1.79. The minimum atomic E-state index is -0.242. The standard InChI is InChI=1S/C16H20FNO2/c1-12(2)18-8-13-7-15(20-9-13)11-19-10-14-5-3-4-6-16(14)17/h3-7,9,12,18H,8,10-11H2,1-2H3. The molecule has 2 rings (SSSR count). The van der Waals surface area contributed by atoms with E-state index in [2.05, 4.69) is 19.2 Å². The Morgan fingerprint density at radius 1 is 1.25 bits per heavy atom. The van der Waals surface area contributed by atoms with Crippen molar-refractivity contribution in [3.05, 3.63) is 59.3 Å². The third kappa shape index (κ3) is 4.47. The van der Waals surface area contributed by atoms with Crippen LogP contribution in [0.25, 0.3) is 0 Å². The van der Waals surface area contributed by atoms with Gasteiger partial charge in [0.2, 0.25) is 0 Å². The van der Waals surface area contributed by atoms with Crippen LogP contribution < -0.4 is 5.32 Å². The van der Waals surface area contributed by atoms with Crippen molar-refractivity contribution in [2.24, 2.45) is 0 Å². The molecule has 4 heteroatoms. The summed E-state index contributed by atoms with van der Waals surface area (Å²) < 4.78 is 24.3. The maximum absolute atomic E-state index is 13.4. The van der Waals surface area contributed by atoms with Crippen LogP contribution in [0.3, 0.4) is 0 Å². The first-order valence-corrected chi connectivity index (χ1v) is 6.76. The van der Waals surface area contributed by atoms with Crippen molar-refractivity contribution in [3.63, 3.8) is 0 Å². The highest BCUT2D eigenvalue weighted by atomic mass is 19.1. The molecule has 0 radical (unpaired) electrons. The largest absolute Gasteiger partial charge is 0.467 e. The summed E-state index contributed by atoms with van der Waals surface area (Å²) >= 11 is 0. The van der Waals surface area contributed by atoms with Crippen LogP contribution in [0.5, 0.6) is 0 Å². The second kappa shape index (κ2) is 7.22. The van der Waals surface area contributed by atoms with Crippen LogP contribution in [-0.2, 0) is 24.5 Å². The molecule has 0 saturated carbocycles. The summed E-state index contributed by atoms with van der Waals surface area (Å²) in [6, 6.07) is 9.00. The predicted octanol–water partition coefficient (Wildman–Crippen LogP) is 3.63. The Morgan fingerprint density at radius 3 is 2.80 bits per heavy atom. The molecule has 0 atom stereocenters. The Kier molecular flexibility index (Phi) is 5.32. The van der Waals surface area contributed by atoms with Crippen LogP contribution in [0.15, 0.2) is 41.0 Å². The van der Waals surface area contributed by atoms with Crippen molar-refractivity contribution >= 4 is 0 Å². The number of rotatable bonds is 7. The Hall–Kier alpha value is -1.65. The normalized spacial score (nSPS) is 11.2. The Labute approximate surface area is 118 Å². The van der Waals surface area contributed by atoms with Gasteiger partial charge >= 0.3 is 0 Å². The molecule has 20 heavy (non-hydrogen) atoms. The lowest BCUT2D eigenvalue weighted by Crippen LogP contribution is -2.21. The number of halogens is 1. The summed E-state index contributed by atoms with van der Waals surface area (Å²) in [6.07, 6.45) is 1.72. The van der Waals surface area contributed by atoms with Crippen LogP contribution in [0, 0.1) is 5.82 Å². The summed E-state index contributed by atoms with van der Waals surface area (Å²) in [5.74, 6) is 0.510. The lowest BCUT2D eigenvalue weighted by molar-refractivity contribution is 0.0909. The molecular weight excluding hydrogens is 257 g/mol. The fraction of sp³-hybridized carbons (Fsp3) is 0.375. The monoisotopic (exact) mass is 277 g/mol. The van der Waals surface area contributed by atoms with Gasteiger partial charge in [-0.1, -0.05) is 32.0 Å². The highest BCUT2D eigenvalue weighted by Crippen LogP contribution is 2.12. The molecule has 1 N–H and O–H groups in total. The van der Waals surface area contributed by atoms with Gasteiger partial charge in [0.1, 0.15) is 18.2 Å². The number of benzene rings is 1. The fourth-order valence-corrected chi connectivity index (χ4v) is 1.79. The first kappa shape index (κ1) is 14.8. The Morgan fingerprint density at radius 2 is 2.05 bits per heavy atom. The molecule has 1 aromatic heterocycles. The van der Waals surface area contributed by atoms with Gasteiger partial charge in [0.05, 0.1) is 12.9 Å². The van der Waals surface area contributed by atoms with E-state index in [0.29, 0.717) is 18.2 Å². The Bertz CT molecular complexity index is 537. The van der Waals surface area contributed by atoms with Crippen molar-refractivity contribution in [1.82, 2.24) is 5.32 Å². The molecule has 0 spiro atoms. The minimum absolute atomic E-state index is 0.242. The molecule has 0 unspecified atom stereocenters. The molecule has 0 aliphatic heterocycles. The van der Waals surface area contributed by atoms with E-state index in [1.54, 1.807) is 24.5 Å². The molecule has 108 valence electrons. The van der Waals surface area contributed by atoms with Gasteiger partial charge in [-0.05, 0) is 12.1 Å². The van der Waals surface area contributed by atoms with Crippen molar-refractivity contribution in [3.8, 4) is 0 Å². The molecule has 3 nitrogen and oxygen atoms in total. The van der Waals surface area contributed by atoms with Gasteiger partial charge < -0.3 is 14.5 Å². The minimum Gasteiger partial charge on any atom is -0.467 e. The summed E-state index contributed by atoms with van der Waals surface area (Å²) in [5.41, 5.74) is 1.64. The quantitative estimate of drug-likeness (QED) is 0.839. The van der Waals surface area contributed by atoms with Crippen LogP contribution in [0.2, 0.25) is 0 Å². The van der Waals surface area contributed by atoms with Gasteiger partial charge in [0, 0.05) is 23.7 Å². The van der Waals surface area contributed by atoms with Crippen LogP contribution in [-0.4, -0.2) is 6.04 Å². The van der Waals surface area contributed by atoms with E-state index in [-0.39, 0.29) is 12.4 Å². The second-order valence-electron chi connectivity index (χ2n) is 5.04. The Balaban J connectivity index is 1.78. The van der Waals surface area contributed by atoms with Crippen molar-refractivity contribution in [2.75, 3.05) is 0 Å². The van der Waals surface area contributed by atoms with Crippen molar-refractivity contribution < 1.29 is 13.5 Å². The maximum Gasteiger partial charge on any atom is 0.129 e. The number of ether oxygens (including phenoxy) is 1. The molecular formula is C16H20FNO2. The molecule has 0 saturated heterocycles. The first-order valence-electron chi connectivity index (χ1n) is 6.76. The predicted molar refractivity (Wildman–Crippen MR) is 75.6 cm³/mol. The highest BCUT2D eigenvalue weighted by molar-refractivity contribution is 5.16. The number of nitrogens with one attached hydrogen (secondary N) is 1. The van der Waals surface area contributed by atoms with E-state index in [1.165, 1.54) is 6.07 Å². The second-order valence-corrected chi connectivity index (χ2v) is 5.04. The number of hydrogen-bond acceptors (Lipinski definition) is 3. The van der Waals surface area contributed by atoms with E-state index in [4.69, 9.17) is 9.15 Å². The zero-order valence-corrected chi connectivity index (χ0v) is 11.9. The zero-order valence-electron chi connectivity index (χ0n) is 11.9. The summed E-state index contributed by atoms with van der Waals surface area (Å²) in [5, 5.41) is 3.31. The molecule has 0 bridgehead atoms. The maximum atomic E-state index is 13.4. The molecule has 0 aliphatic carbocycles. The SMILES string of the molecule is CC(C)NCc1coc(COCc2ccccc2F)c1. The molecule has 1 heterocycles. The topological polar surface area (TPSA) is 34.4 Å². The van der Waals surface area contributed by atoms with E-state index in [1.807, 2.05) is 6.07 Å². The average molecular weight is 277 g/mol. The molecule has 0 amide bonds. The molecule has 2 aromatic rings. The van der Waals surface area contributed by atoms with Gasteiger partial charge in [-0.2, -0.15) is 0 Å². The van der Waals surface area contributed by atoms with Gasteiger partial charge in [-0.15, -0.1) is 0 Å². The third-order valence-electron chi connectivity index (χ3n) is 2.88. The van der Waals surface area contributed by atoms with E-state index >= 15 is 0 Å². The van der Waals surface area contributed by atoms with Crippen LogP contribution in [0.4, 0.5) is 4.39 Å². The van der Waals surface area contributed by atoms with Crippen molar-refractivity contribution in [2.45, 2.75) is 39.6 Å². The molecule has 1 aromatic carbocycles. The van der Waals surface area contributed by atoms with E-state index in [0.717, 1.165) is 17.9 Å². The van der Waals surface area contributed by atoms with Crippen molar-refractivity contribution in [1.29, 1.82) is 0 Å². The number of furan rings is 1. The lowest BCUT2D eigenvalue weighted by Gasteiger charge is -2.05. The van der Waals surface area contributed by atoms with Gasteiger partial charge in [-0.25, -0.2) is 4.39 Å². The molecule has 0 aliphatic rings. The average Bonchev–Trinajstić information content (AvgIpc) is 2.87. The van der Waals surface area contributed by atoms with Gasteiger partial charge in [0.15, 0.2) is 0 Å². The number of hydrogen-bond donors (Lipinski definition) is 1. The van der Waals surface area contributed by atoms with Crippen LogP contribution in [0.1, 0.15) is 30.7 Å². The van der Waals surface area contributed by atoms with Gasteiger partial charge in [-0.3, -0.25) is 0 Å². The lowest BCUT2D eigenvalue weighted by atomic mass is 10.2. The van der Waals surface area contributed by atoms with Gasteiger partial charge in [0.25, 0.3) is 0 Å². The molecule has 0 fully saturated rings. The van der Waals surface area contributed by atoms with E-state index < -0.39 is 0 Å². The summed E-state index contributed by atoms with van der Waals surface area (Å²) in [7, 11) is 0. The first-order chi connectivity index (χ1) is 9.65. The highest BCUT2D eigenvalue weighted by Gasteiger charge is 2.05. The smallest absolute Gasteiger partial charge is 0.129 e. The third-order valence-corrected chi connectivity index (χ3v) is 2.88. The van der Waals surface area contributed by atoms with Crippen LogP contribution >= 0.6 is 0 Å². The summed E-state index contributed by atoms with van der Waals surface area (Å²) in [4.78, 5) is 0.